The zero-order valence-corrected chi connectivity index (χ0v) is 14.0. The summed E-state index contributed by atoms with van der Waals surface area (Å²) in [6, 6.07) is 9.11. The van der Waals surface area contributed by atoms with Crippen molar-refractivity contribution in [2.45, 2.75) is 25.7 Å². The van der Waals surface area contributed by atoms with Gasteiger partial charge in [0.2, 0.25) is 5.91 Å². The Morgan fingerprint density at radius 3 is 2.40 bits per heavy atom. The molecule has 1 aliphatic carbocycles. The van der Waals surface area contributed by atoms with Crippen molar-refractivity contribution in [3.63, 3.8) is 0 Å². The highest BCUT2D eigenvalue weighted by Gasteiger charge is 2.36. The lowest BCUT2D eigenvalue weighted by atomic mass is 9.78. The van der Waals surface area contributed by atoms with E-state index in [-0.39, 0.29) is 11.2 Å². The maximum absolute atomic E-state index is 12.6. The molecule has 25 heavy (non-hydrogen) atoms. The summed E-state index contributed by atoms with van der Waals surface area (Å²) in [5.74, 6) is -2.63. The fourth-order valence-corrected chi connectivity index (χ4v) is 3.48. The number of amides is 1. The van der Waals surface area contributed by atoms with Crippen LogP contribution in [0.4, 0.5) is 5.69 Å². The Kier molecular flexibility index (Phi) is 4.74. The van der Waals surface area contributed by atoms with E-state index in [9.17, 15) is 19.5 Å². The van der Waals surface area contributed by atoms with Gasteiger partial charge in [-0.3, -0.25) is 19.1 Å². The molecule has 2 aromatic rings. The predicted molar refractivity (Wildman–Crippen MR) is 92.7 cm³/mol. The van der Waals surface area contributed by atoms with Crippen molar-refractivity contribution < 1.29 is 14.7 Å². The second-order valence-corrected chi connectivity index (χ2v) is 6.39. The minimum absolute atomic E-state index is 0.158. The second-order valence-electron chi connectivity index (χ2n) is 6.39. The molecule has 2 N–H and O–H groups in total. The van der Waals surface area contributed by atoms with Gasteiger partial charge in [-0.25, -0.2) is 4.68 Å². The van der Waals surface area contributed by atoms with Gasteiger partial charge in [0.1, 0.15) is 5.69 Å². The Balaban J connectivity index is 1.85. The Bertz CT molecular complexity index is 838. The van der Waals surface area contributed by atoms with E-state index in [2.05, 4.69) is 5.32 Å². The summed E-state index contributed by atoms with van der Waals surface area (Å²) in [7, 11) is 1.71. The molecule has 0 aliphatic heterocycles. The van der Waals surface area contributed by atoms with E-state index < -0.39 is 23.7 Å². The Morgan fingerprint density at radius 1 is 1.12 bits per heavy atom. The van der Waals surface area contributed by atoms with Crippen LogP contribution in [0.15, 0.2) is 41.3 Å². The first-order valence-corrected chi connectivity index (χ1v) is 8.37. The number of anilines is 1. The molecule has 1 saturated carbocycles. The zero-order chi connectivity index (χ0) is 18.0. The van der Waals surface area contributed by atoms with E-state index >= 15 is 0 Å². The first kappa shape index (κ1) is 17.0. The zero-order valence-electron chi connectivity index (χ0n) is 14.0. The van der Waals surface area contributed by atoms with Crippen molar-refractivity contribution in [2.24, 2.45) is 18.9 Å². The number of aliphatic carboxylic acids is 1. The average molecular weight is 343 g/mol. The monoisotopic (exact) mass is 343 g/mol. The molecule has 1 amide bonds. The van der Waals surface area contributed by atoms with Gasteiger partial charge in [0.15, 0.2) is 0 Å². The minimum Gasteiger partial charge on any atom is -0.481 e. The van der Waals surface area contributed by atoms with Gasteiger partial charge >= 0.3 is 5.97 Å². The lowest BCUT2D eigenvalue weighted by Crippen LogP contribution is -2.36. The third-order valence-corrected chi connectivity index (χ3v) is 4.73. The minimum atomic E-state index is -0.949. The predicted octanol–water partition coefficient (Wildman–Crippen LogP) is 2.01. The number of benzene rings is 1. The number of nitrogens with one attached hydrogen (secondary N) is 1. The van der Waals surface area contributed by atoms with Crippen molar-refractivity contribution in [2.75, 3.05) is 5.32 Å². The summed E-state index contributed by atoms with van der Waals surface area (Å²) in [5, 5.41) is 12.0. The van der Waals surface area contributed by atoms with Crippen LogP contribution in [-0.4, -0.2) is 26.3 Å². The number of hydrogen-bond donors (Lipinski definition) is 2. The lowest BCUT2D eigenvalue weighted by Gasteiger charge is -2.27. The van der Waals surface area contributed by atoms with E-state index in [4.69, 9.17) is 0 Å². The quantitative estimate of drug-likeness (QED) is 0.888. The highest BCUT2D eigenvalue weighted by molar-refractivity contribution is 5.95. The van der Waals surface area contributed by atoms with Gasteiger partial charge in [-0.05, 0) is 25.0 Å². The molecule has 0 spiro atoms. The van der Waals surface area contributed by atoms with Crippen molar-refractivity contribution in [3.05, 3.63) is 46.9 Å². The first-order chi connectivity index (χ1) is 12.0. The largest absolute Gasteiger partial charge is 0.481 e. The van der Waals surface area contributed by atoms with E-state index in [1.54, 1.807) is 30.1 Å². The van der Waals surface area contributed by atoms with Gasteiger partial charge in [-0.15, -0.1) is 0 Å². The van der Waals surface area contributed by atoms with E-state index in [0.717, 1.165) is 12.8 Å². The topological polar surface area (TPSA) is 93.3 Å². The van der Waals surface area contributed by atoms with Crippen LogP contribution in [0.2, 0.25) is 0 Å². The number of rotatable bonds is 4. The number of aromatic nitrogens is 2. The molecule has 3 rings (SSSR count). The number of aryl methyl sites for hydroxylation is 1. The molecule has 0 saturated heterocycles. The van der Waals surface area contributed by atoms with Gasteiger partial charge in [0, 0.05) is 7.05 Å². The van der Waals surface area contributed by atoms with Crippen LogP contribution in [0.5, 0.6) is 0 Å². The number of para-hydroxylation sites is 1. The fourth-order valence-electron chi connectivity index (χ4n) is 3.48. The van der Waals surface area contributed by atoms with E-state index in [1.807, 2.05) is 18.2 Å². The van der Waals surface area contributed by atoms with E-state index in [1.165, 1.54) is 4.68 Å². The molecule has 0 bridgehead atoms. The summed E-state index contributed by atoms with van der Waals surface area (Å²) in [4.78, 5) is 36.6. The van der Waals surface area contributed by atoms with Crippen LogP contribution < -0.4 is 10.9 Å². The van der Waals surface area contributed by atoms with Gasteiger partial charge in [0.25, 0.3) is 5.56 Å². The van der Waals surface area contributed by atoms with Gasteiger partial charge < -0.3 is 10.4 Å². The third kappa shape index (κ3) is 3.35. The third-order valence-electron chi connectivity index (χ3n) is 4.73. The molecule has 1 aromatic carbocycles. The van der Waals surface area contributed by atoms with Crippen molar-refractivity contribution in [1.29, 1.82) is 0 Å². The van der Waals surface area contributed by atoms with Crippen LogP contribution in [-0.2, 0) is 16.6 Å². The standard InChI is InChI=1S/C18H21N3O4/c1-20-11-15(17(23)21(20)12-7-3-2-4-8-12)19-16(22)13-9-5-6-10-14(13)18(24)25/h2-4,7-8,11,13-14H,5-6,9-10H2,1H3,(H,19,22)(H,24,25)/t13-,14+/m0/s1. The van der Waals surface area contributed by atoms with Crippen molar-refractivity contribution >= 4 is 17.6 Å². The molecular weight excluding hydrogens is 322 g/mol. The highest BCUT2D eigenvalue weighted by Crippen LogP contribution is 2.31. The average Bonchev–Trinajstić information content (AvgIpc) is 2.89. The van der Waals surface area contributed by atoms with Crippen LogP contribution in [0.1, 0.15) is 25.7 Å². The smallest absolute Gasteiger partial charge is 0.307 e. The summed E-state index contributed by atoms with van der Waals surface area (Å²) < 4.78 is 3.05. The number of carbonyl (C=O) groups excluding carboxylic acids is 1. The maximum atomic E-state index is 12.6. The number of carboxylic acids is 1. The van der Waals surface area contributed by atoms with Crippen LogP contribution in [0.3, 0.4) is 0 Å². The van der Waals surface area contributed by atoms with Crippen molar-refractivity contribution in [3.8, 4) is 5.69 Å². The van der Waals surface area contributed by atoms with E-state index in [0.29, 0.717) is 18.5 Å². The molecule has 1 fully saturated rings. The highest BCUT2D eigenvalue weighted by atomic mass is 16.4. The van der Waals surface area contributed by atoms with Gasteiger partial charge in [-0.1, -0.05) is 31.0 Å². The Labute approximate surface area is 144 Å². The molecular formula is C18H21N3O4. The number of carbonyl (C=O) groups is 2. The Hall–Kier alpha value is -2.83. The van der Waals surface area contributed by atoms with Crippen molar-refractivity contribution in [1.82, 2.24) is 9.36 Å². The lowest BCUT2D eigenvalue weighted by molar-refractivity contribution is -0.147. The summed E-state index contributed by atoms with van der Waals surface area (Å²) >= 11 is 0. The number of nitrogens with zero attached hydrogens (tertiary/aromatic N) is 2. The summed E-state index contributed by atoms with van der Waals surface area (Å²) in [5.41, 5.74) is 0.507. The number of carboxylic acid groups (broad SMARTS) is 1. The Morgan fingerprint density at radius 2 is 1.76 bits per heavy atom. The molecule has 1 aromatic heterocycles. The summed E-state index contributed by atoms with van der Waals surface area (Å²) in [6.45, 7) is 0. The van der Waals surface area contributed by atoms with Crippen LogP contribution >= 0.6 is 0 Å². The second kappa shape index (κ2) is 6.96. The molecule has 1 heterocycles. The van der Waals surface area contributed by atoms with Crippen LogP contribution in [0, 0.1) is 11.8 Å². The SMILES string of the molecule is Cn1cc(NC(=O)[C@H]2CCCC[C@H]2C(=O)O)c(=O)n1-c1ccccc1. The molecule has 0 unspecified atom stereocenters. The van der Waals surface area contributed by atoms with Gasteiger partial charge in [0.05, 0.1) is 23.7 Å². The molecule has 0 radical (unpaired) electrons. The first-order valence-electron chi connectivity index (χ1n) is 8.37. The summed E-state index contributed by atoms with van der Waals surface area (Å²) in [6.07, 6.45) is 4.21. The normalized spacial score (nSPS) is 20.2. The van der Waals surface area contributed by atoms with Crippen LogP contribution in [0.25, 0.3) is 5.69 Å². The number of hydrogen-bond acceptors (Lipinski definition) is 3. The maximum Gasteiger partial charge on any atom is 0.307 e. The molecule has 7 heteroatoms. The molecule has 1 aliphatic rings. The molecule has 2 atom stereocenters. The fraction of sp³-hybridized carbons (Fsp3) is 0.389. The molecule has 132 valence electrons. The van der Waals surface area contributed by atoms with Gasteiger partial charge in [-0.2, -0.15) is 0 Å². The molecule has 7 nitrogen and oxygen atoms in total.